The summed E-state index contributed by atoms with van der Waals surface area (Å²) in [6.45, 7) is 6.48. The van der Waals surface area contributed by atoms with Gasteiger partial charge in [-0.05, 0) is 23.0 Å². The molecule has 1 aromatic carbocycles. The summed E-state index contributed by atoms with van der Waals surface area (Å²) in [6, 6.07) is 7.84. The smallest absolute Gasteiger partial charge is 0.329 e. The SMILES string of the molecule is CCC(C)(C)c1ccc(C(N)COCC(=O)O)cc1. The minimum atomic E-state index is -0.979. The fourth-order valence-electron chi connectivity index (χ4n) is 1.76. The van der Waals surface area contributed by atoms with Gasteiger partial charge in [0.2, 0.25) is 0 Å². The van der Waals surface area contributed by atoms with Crippen LogP contribution < -0.4 is 5.73 Å². The van der Waals surface area contributed by atoms with E-state index in [2.05, 4.69) is 32.9 Å². The highest BCUT2D eigenvalue weighted by Gasteiger charge is 2.18. The minimum Gasteiger partial charge on any atom is -0.480 e. The fourth-order valence-corrected chi connectivity index (χ4v) is 1.76. The van der Waals surface area contributed by atoms with Gasteiger partial charge in [0.25, 0.3) is 0 Å². The first-order chi connectivity index (χ1) is 8.86. The van der Waals surface area contributed by atoms with E-state index in [1.54, 1.807) is 0 Å². The molecular formula is C15H23NO3. The Morgan fingerprint density at radius 2 is 1.95 bits per heavy atom. The zero-order valence-corrected chi connectivity index (χ0v) is 11.8. The van der Waals surface area contributed by atoms with E-state index in [9.17, 15) is 4.79 Å². The molecule has 19 heavy (non-hydrogen) atoms. The molecule has 0 aliphatic carbocycles. The first-order valence-corrected chi connectivity index (χ1v) is 6.52. The van der Waals surface area contributed by atoms with E-state index in [0.29, 0.717) is 0 Å². The Labute approximate surface area is 114 Å². The Bertz CT molecular complexity index is 412. The first kappa shape index (κ1) is 15.7. The summed E-state index contributed by atoms with van der Waals surface area (Å²) in [4.78, 5) is 10.3. The summed E-state index contributed by atoms with van der Waals surface area (Å²) >= 11 is 0. The second-order valence-corrected chi connectivity index (χ2v) is 5.37. The van der Waals surface area contributed by atoms with Gasteiger partial charge >= 0.3 is 5.97 Å². The Morgan fingerprint density at radius 3 is 2.42 bits per heavy atom. The summed E-state index contributed by atoms with van der Waals surface area (Å²) in [6.07, 6.45) is 1.07. The summed E-state index contributed by atoms with van der Waals surface area (Å²) in [5, 5.41) is 8.48. The highest BCUT2D eigenvalue weighted by atomic mass is 16.5. The van der Waals surface area contributed by atoms with Gasteiger partial charge in [0.05, 0.1) is 12.6 Å². The van der Waals surface area contributed by atoms with Crippen LogP contribution in [0.5, 0.6) is 0 Å². The molecule has 1 unspecified atom stereocenters. The molecule has 4 nitrogen and oxygen atoms in total. The van der Waals surface area contributed by atoms with E-state index < -0.39 is 5.97 Å². The van der Waals surface area contributed by atoms with Gasteiger partial charge in [-0.1, -0.05) is 45.0 Å². The van der Waals surface area contributed by atoms with Crippen LogP contribution in [-0.4, -0.2) is 24.3 Å². The van der Waals surface area contributed by atoms with Crippen molar-refractivity contribution in [3.8, 4) is 0 Å². The molecule has 1 rings (SSSR count). The van der Waals surface area contributed by atoms with Crippen LogP contribution in [0.1, 0.15) is 44.4 Å². The molecule has 0 spiro atoms. The van der Waals surface area contributed by atoms with E-state index in [0.717, 1.165) is 12.0 Å². The molecule has 0 aliphatic heterocycles. The van der Waals surface area contributed by atoms with E-state index in [1.165, 1.54) is 5.56 Å². The van der Waals surface area contributed by atoms with Crippen molar-refractivity contribution in [3.05, 3.63) is 35.4 Å². The summed E-state index contributed by atoms with van der Waals surface area (Å²) in [5.74, 6) is -0.979. The summed E-state index contributed by atoms with van der Waals surface area (Å²) in [5.41, 5.74) is 8.34. The van der Waals surface area contributed by atoms with Gasteiger partial charge in [-0.2, -0.15) is 0 Å². The molecule has 1 aromatic rings. The molecule has 0 aromatic heterocycles. The van der Waals surface area contributed by atoms with Gasteiger partial charge in [-0.25, -0.2) is 4.79 Å². The van der Waals surface area contributed by atoms with E-state index in [-0.39, 0.29) is 24.7 Å². The van der Waals surface area contributed by atoms with Crippen molar-refractivity contribution in [2.45, 2.75) is 38.6 Å². The molecule has 106 valence electrons. The number of hydrogen-bond donors (Lipinski definition) is 2. The van der Waals surface area contributed by atoms with Gasteiger partial charge < -0.3 is 15.6 Å². The van der Waals surface area contributed by atoms with Crippen molar-refractivity contribution < 1.29 is 14.6 Å². The molecule has 4 heteroatoms. The third-order valence-electron chi connectivity index (χ3n) is 3.53. The Balaban J connectivity index is 2.63. The van der Waals surface area contributed by atoms with Gasteiger partial charge in [0.1, 0.15) is 6.61 Å². The molecule has 0 aliphatic rings. The van der Waals surface area contributed by atoms with Crippen LogP contribution in [0.2, 0.25) is 0 Å². The third kappa shape index (κ3) is 4.65. The second kappa shape index (κ2) is 6.68. The molecule has 0 bridgehead atoms. The largest absolute Gasteiger partial charge is 0.480 e. The van der Waals surface area contributed by atoms with Crippen molar-refractivity contribution >= 4 is 5.97 Å². The van der Waals surface area contributed by atoms with Crippen LogP contribution in [0.25, 0.3) is 0 Å². The van der Waals surface area contributed by atoms with Crippen molar-refractivity contribution in [1.82, 2.24) is 0 Å². The third-order valence-corrected chi connectivity index (χ3v) is 3.53. The number of benzene rings is 1. The molecule has 1 atom stereocenters. The maximum Gasteiger partial charge on any atom is 0.329 e. The number of aliphatic carboxylic acids is 1. The maximum atomic E-state index is 10.3. The predicted molar refractivity (Wildman–Crippen MR) is 75.1 cm³/mol. The van der Waals surface area contributed by atoms with Crippen LogP contribution >= 0.6 is 0 Å². The number of ether oxygens (including phenoxy) is 1. The standard InChI is InChI=1S/C15H23NO3/c1-4-15(2,3)12-7-5-11(6-8-12)13(16)9-19-10-14(17)18/h5-8,13H,4,9-10,16H2,1-3H3,(H,17,18). The van der Waals surface area contributed by atoms with E-state index in [1.807, 2.05) is 12.1 Å². The summed E-state index contributed by atoms with van der Waals surface area (Å²) < 4.78 is 5.01. The fraction of sp³-hybridized carbons (Fsp3) is 0.533. The van der Waals surface area contributed by atoms with Crippen LogP contribution in [0.15, 0.2) is 24.3 Å². The molecule has 0 saturated carbocycles. The molecule has 0 fully saturated rings. The predicted octanol–water partition coefficient (Wildman–Crippen LogP) is 2.48. The molecular weight excluding hydrogens is 242 g/mol. The lowest BCUT2D eigenvalue weighted by atomic mass is 9.82. The highest BCUT2D eigenvalue weighted by Crippen LogP contribution is 2.27. The zero-order chi connectivity index (χ0) is 14.5. The van der Waals surface area contributed by atoms with Crippen molar-refractivity contribution in [3.63, 3.8) is 0 Å². The lowest BCUT2D eigenvalue weighted by Gasteiger charge is -2.24. The number of carboxylic acid groups (broad SMARTS) is 1. The van der Waals surface area contributed by atoms with Crippen LogP contribution in [0.3, 0.4) is 0 Å². The minimum absolute atomic E-state index is 0.155. The van der Waals surface area contributed by atoms with E-state index in [4.69, 9.17) is 15.6 Å². The monoisotopic (exact) mass is 265 g/mol. The number of hydrogen-bond acceptors (Lipinski definition) is 3. The molecule has 0 amide bonds. The second-order valence-electron chi connectivity index (χ2n) is 5.37. The Morgan fingerprint density at radius 1 is 1.37 bits per heavy atom. The quantitative estimate of drug-likeness (QED) is 0.794. The molecule has 0 heterocycles. The van der Waals surface area contributed by atoms with Crippen LogP contribution in [0.4, 0.5) is 0 Å². The van der Waals surface area contributed by atoms with Crippen molar-refractivity contribution in [2.24, 2.45) is 5.73 Å². The Kier molecular flexibility index (Phi) is 5.51. The zero-order valence-electron chi connectivity index (χ0n) is 11.8. The molecule has 0 saturated heterocycles. The molecule has 0 radical (unpaired) electrons. The number of nitrogens with two attached hydrogens (primary N) is 1. The summed E-state index contributed by atoms with van der Waals surface area (Å²) in [7, 11) is 0. The van der Waals surface area contributed by atoms with Gasteiger partial charge in [-0.15, -0.1) is 0 Å². The number of rotatable bonds is 7. The van der Waals surface area contributed by atoms with Crippen molar-refractivity contribution in [2.75, 3.05) is 13.2 Å². The maximum absolute atomic E-state index is 10.3. The van der Waals surface area contributed by atoms with Crippen LogP contribution in [-0.2, 0) is 14.9 Å². The average Bonchev–Trinajstić information content (AvgIpc) is 2.38. The average molecular weight is 265 g/mol. The number of carboxylic acids is 1. The highest BCUT2D eigenvalue weighted by molar-refractivity contribution is 5.67. The van der Waals surface area contributed by atoms with Crippen LogP contribution in [0, 0.1) is 0 Å². The van der Waals surface area contributed by atoms with Gasteiger partial charge in [0.15, 0.2) is 0 Å². The van der Waals surface area contributed by atoms with Crippen molar-refractivity contribution in [1.29, 1.82) is 0 Å². The number of carbonyl (C=O) groups is 1. The van der Waals surface area contributed by atoms with E-state index >= 15 is 0 Å². The molecule has 3 N–H and O–H groups in total. The van der Waals surface area contributed by atoms with Gasteiger partial charge in [0, 0.05) is 0 Å². The first-order valence-electron chi connectivity index (χ1n) is 6.52. The lowest BCUT2D eigenvalue weighted by molar-refractivity contribution is -0.142. The topological polar surface area (TPSA) is 72.5 Å². The lowest BCUT2D eigenvalue weighted by Crippen LogP contribution is -2.20. The Hall–Kier alpha value is -1.39. The van der Waals surface area contributed by atoms with Gasteiger partial charge in [-0.3, -0.25) is 0 Å². The normalized spacial score (nSPS) is 13.3.